The summed E-state index contributed by atoms with van der Waals surface area (Å²) in [5, 5.41) is 3.15. The number of hydrogen-bond acceptors (Lipinski definition) is 4. The summed E-state index contributed by atoms with van der Waals surface area (Å²) < 4.78 is 5.40. The molecule has 0 saturated heterocycles. The Bertz CT molecular complexity index is 1130. The van der Waals surface area contributed by atoms with Crippen LogP contribution in [0.4, 0.5) is 5.69 Å². The van der Waals surface area contributed by atoms with E-state index in [4.69, 9.17) is 4.42 Å². The van der Waals surface area contributed by atoms with Crippen LogP contribution in [0.5, 0.6) is 0 Å². The van der Waals surface area contributed by atoms with Gasteiger partial charge in [0, 0.05) is 17.3 Å². The molecule has 33 heavy (non-hydrogen) atoms. The van der Waals surface area contributed by atoms with Crippen molar-refractivity contribution in [3.63, 3.8) is 0 Å². The zero-order valence-electron chi connectivity index (χ0n) is 18.9. The first-order valence-corrected chi connectivity index (χ1v) is 11.3. The van der Waals surface area contributed by atoms with Gasteiger partial charge in [-0.3, -0.25) is 19.3 Å². The smallest absolute Gasteiger partial charge is 0.294 e. The van der Waals surface area contributed by atoms with Crippen molar-refractivity contribution in [2.45, 2.75) is 51.6 Å². The monoisotopic (exact) mass is 444 g/mol. The summed E-state index contributed by atoms with van der Waals surface area (Å²) in [6.07, 6.45) is 5.44. The number of anilines is 1. The summed E-state index contributed by atoms with van der Waals surface area (Å²) in [5.74, 6) is -0.703. The minimum atomic E-state index is -0.925. The predicted molar refractivity (Wildman–Crippen MR) is 126 cm³/mol. The van der Waals surface area contributed by atoms with Crippen LogP contribution in [-0.4, -0.2) is 23.6 Å². The molecule has 1 atom stereocenters. The molecule has 0 unspecified atom stereocenters. The normalized spacial score (nSPS) is 14.6. The van der Waals surface area contributed by atoms with Crippen LogP contribution in [0, 0.1) is 6.92 Å². The molecule has 6 nitrogen and oxygen atoms in total. The number of Topliss-reactive ketones (excluding diaryl/α,β-unsaturated/α-hetero) is 1. The number of aryl methyl sites for hydroxylation is 1. The van der Waals surface area contributed by atoms with Gasteiger partial charge in [0.05, 0.1) is 6.26 Å². The van der Waals surface area contributed by atoms with Gasteiger partial charge in [-0.25, -0.2) is 0 Å². The fourth-order valence-electron chi connectivity index (χ4n) is 4.29. The molecule has 2 aromatic carbocycles. The van der Waals surface area contributed by atoms with Crippen LogP contribution >= 0.6 is 0 Å². The second-order valence-electron chi connectivity index (χ2n) is 8.56. The number of carbonyl (C=O) groups is 3. The Hall–Kier alpha value is -3.67. The van der Waals surface area contributed by atoms with Gasteiger partial charge >= 0.3 is 0 Å². The first kappa shape index (κ1) is 22.5. The number of furan rings is 1. The molecular formula is C27H28N2O4. The maximum Gasteiger partial charge on any atom is 0.294 e. The Morgan fingerprint density at radius 3 is 2.36 bits per heavy atom. The highest BCUT2D eigenvalue weighted by Gasteiger charge is 2.36. The van der Waals surface area contributed by atoms with E-state index in [0.29, 0.717) is 16.8 Å². The Morgan fingerprint density at radius 2 is 1.73 bits per heavy atom. The van der Waals surface area contributed by atoms with E-state index in [1.807, 2.05) is 31.2 Å². The average Bonchev–Trinajstić information content (AvgIpc) is 3.52. The van der Waals surface area contributed by atoms with Crippen LogP contribution in [0.2, 0.25) is 0 Å². The third kappa shape index (κ3) is 5.06. The van der Waals surface area contributed by atoms with Crippen LogP contribution in [0.25, 0.3) is 0 Å². The van der Waals surface area contributed by atoms with Gasteiger partial charge in [-0.2, -0.15) is 0 Å². The van der Waals surface area contributed by atoms with Gasteiger partial charge in [-0.1, -0.05) is 54.8 Å². The van der Waals surface area contributed by atoms with E-state index in [1.165, 1.54) is 18.1 Å². The molecule has 1 aliphatic carbocycles. The molecule has 4 rings (SSSR count). The maximum atomic E-state index is 13.7. The van der Waals surface area contributed by atoms with Crippen molar-refractivity contribution in [1.29, 1.82) is 0 Å². The molecule has 1 N–H and O–H groups in total. The van der Waals surface area contributed by atoms with Crippen molar-refractivity contribution in [3.8, 4) is 0 Å². The Kier molecular flexibility index (Phi) is 6.73. The van der Waals surface area contributed by atoms with E-state index in [0.717, 1.165) is 31.2 Å². The molecule has 1 aliphatic rings. The van der Waals surface area contributed by atoms with Gasteiger partial charge in [0.1, 0.15) is 6.04 Å². The predicted octanol–water partition coefficient (Wildman–Crippen LogP) is 5.24. The lowest BCUT2D eigenvalue weighted by Crippen LogP contribution is -2.46. The minimum absolute atomic E-state index is 0.0922. The lowest BCUT2D eigenvalue weighted by atomic mass is 10.00. The van der Waals surface area contributed by atoms with Crippen LogP contribution in [-0.2, 0) is 4.79 Å². The van der Waals surface area contributed by atoms with E-state index in [2.05, 4.69) is 5.32 Å². The van der Waals surface area contributed by atoms with Crippen molar-refractivity contribution >= 4 is 23.3 Å². The number of benzene rings is 2. The van der Waals surface area contributed by atoms with Crippen LogP contribution in [0.3, 0.4) is 0 Å². The number of nitrogens with one attached hydrogen (secondary N) is 1. The molecule has 0 bridgehead atoms. The number of ketones is 1. The molecule has 2 amide bonds. The Labute approximate surface area is 193 Å². The maximum absolute atomic E-state index is 13.7. The molecule has 6 heteroatoms. The SMILES string of the molecule is CC(=O)c1cccc(N(C(=O)c2ccco2)[C@@H](C(=O)NC2CCCC2)c2ccc(C)cc2)c1. The number of amides is 2. The Morgan fingerprint density at radius 1 is 1.00 bits per heavy atom. The molecule has 1 aromatic heterocycles. The first-order chi connectivity index (χ1) is 15.9. The summed E-state index contributed by atoms with van der Waals surface area (Å²) in [5.41, 5.74) is 2.65. The molecule has 1 fully saturated rings. The largest absolute Gasteiger partial charge is 0.459 e. The molecule has 3 aromatic rings. The second-order valence-corrected chi connectivity index (χ2v) is 8.56. The first-order valence-electron chi connectivity index (χ1n) is 11.3. The van der Waals surface area contributed by atoms with Gasteiger partial charge in [-0.05, 0) is 56.5 Å². The van der Waals surface area contributed by atoms with Crippen molar-refractivity contribution in [2.24, 2.45) is 0 Å². The van der Waals surface area contributed by atoms with Gasteiger partial charge in [0.25, 0.3) is 5.91 Å². The molecule has 0 spiro atoms. The third-order valence-electron chi connectivity index (χ3n) is 6.08. The molecular weight excluding hydrogens is 416 g/mol. The van der Waals surface area contributed by atoms with Gasteiger partial charge in [-0.15, -0.1) is 0 Å². The van der Waals surface area contributed by atoms with Crippen molar-refractivity contribution in [3.05, 3.63) is 89.4 Å². The summed E-state index contributed by atoms with van der Waals surface area (Å²) in [6.45, 7) is 3.45. The number of carbonyl (C=O) groups excluding carboxylic acids is 3. The highest BCUT2D eigenvalue weighted by Crippen LogP contribution is 2.32. The lowest BCUT2D eigenvalue weighted by Gasteiger charge is -2.32. The number of rotatable bonds is 7. The van der Waals surface area contributed by atoms with Gasteiger partial charge in [0.15, 0.2) is 11.5 Å². The summed E-state index contributed by atoms with van der Waals surface area (Å²) in [6, 6.07) is 16.7. The zero-order valence-corrected chi connectivity index (χ0v) is 18.9. The van der Waals surface area contributed by atoms with E-state index >= 15 is 0 Å². The average molecular weight is 445 g/mol. The zero-order chi connectivity index (χ0) is 23.4. The molecule has 170 valence electrons. The van der Waals surface area contributed by atoms with Crippen LogP contribution < -0.4 is 10.2 Å². The van der Waals surface area contributed by atoms with Gasteiger partial charge in [0.2, 0.25) is 5.91 Å². The van der Waals surface area contributed by atoms with E-state index in [1.54, 1.807) is 36.4 Å². The topological polar surface area (TPSA) is 79.6 Å². The number of nitrogens with zero attached hydrogens (tertiary/aromatic N) is 1. The molecule has 1 saturated carbocycles. The third-order valence-corrected chi connectivity index (χ3v) is 6.08. The summed E-state index contributed by atoms with van der Waals surface area (Å²) in [4.78, 5) is 40.9. The minimum Gasteiger partial charge on any atom is -0.459 e. The van der Waals surface area contributed by atoms with Gasteiger partial charge < -0.3 is 9.73 Å². The molecule has 0 aliphatic heterocycles. The van der Waals surface area contributed by atoms with E-state index in [9.17, 15) is 14.4 Å². The van der Waals surface area contributed by atoms with Crippen molar-refractivity contribution in [1.82, 2.24) is 5.32 Å². The van der Waals surface area contributed by atoms with Crippen molar-refractivity contribution in [2.75, 3.05) is 4.90 Å². The fourth-order valence-corrected chi connectivity index (χ4v) is 4.29. The van der Waals surface area contributed by atoms with Crippen LogP contribution in [0.1, 0.15) is 70.7 Å². The van der Waals surface area contributed by atoms with Crippen molar-refractivity contribution < 1.29 is 18.8 Å². The molecule has 0 radical (unpaired) electrons. The summed E-state index contributed by atoms with van der Waals surface area (Å²) >= 11 is 0. The fraction of sp³-hybridized carbons (Fsp3) is 0.296. The van der Waals surface area contributed by atoms with E-state index in [-0.39, 0.29) is 23.5 Å². The van der Waals surface area contributed by atoms with E-state index < -0.39 is 11.9 Å². The lowest BCUT2D eigenvalue weighted by molar-refractivity contribution is -0.123. The standard InChI is InChI=1S/C27H28N2O4/c1-18-12-14-20(15-13-18)25(26(31)28-22-8-3-4-9-22)29(27(32)24-11-6-16-33-24)23-10-5-7-21(17-23)19(2)30/h5-7,10-17,22,25H,3-4,8-9H2,1-2H3,(H,28,31)/t25-/m1/s1. The second kappa shape index (κ2) is 9.86. The summed E-state index contributed by atoms with van der Waals surface area (Å²) in [7, 11) is 0. The Balaban J connectivity index is 1.83. The quantitative estimate of drug-likeness (QED) is 0.506. The van der Waals surface area contributed by atoms with Crippen LogP contribution in [0.15, 0.2) is 71.3 Å². The molecule has 1 heterocycles. The highest BCUT2D eigenvalue weighted by molar-refractivity contribution is 6.09. The number of hydrogen-bond donors (Lipinski definition) is 1. The highest BCUT2D eigenvalue weighted by atomic mass is 16.3.